The summed E-state index contributed by atoms with van der Waals surface area (Å²) < 4.78 is 5.99. The van der Waals surface area contributed by atoms with E-state index in [1.165, 1.54) is 12.1 Å². The molecular formula is C21H15N3O4S. The summed E-state index contributed by atoms with van der Waals surface area (Å²) in [4.78, 5) is 22.8. The van der Waals surface area contributed by atoms with E-state index in [0.29, 0.717) is 10.7 Å². The van der Waals surface area contributed by atoms with Gasteiger partial charge in [-0.15, -0.1) is 0 Å². The smallest absolute Gasteiger partial charge is 0.269 e. The van der Waals surface area contributed by atoms with Crippen LogP contribution in [0.2, 0.25) is 0 Å². The lowest BCUT2D eigenvalue weighted by Crippen LogP contribution is -2.18. The average molecular weight is 405 g/mol. The second kappa shape index (κ2) is 7.76. The maximum Gasteiger partial charge on any atom is 0.269 e. The van der Waals surface area contributed by atoms with Crippen molar-refractivity contribution in [3.8, 4) is 5.75 Å². The number of ether oxygens (including phenoxy) is 1. The highest BCUT2D eigenvalue weighted by Crippen LogP contribution is 2.32. The van der Waals surface area contributed by atoms with E-state index in [0.717, 1.165) is 33.7 Å². The number of nitrogens with zero attached hydrogens (tertiary/aromatic N) is 1. The van der Waals surface area contributed by atoms with E-state index in [9.17, 15) is 14.9 Å². The summed E-state index contributed by atoms with van der Waals surface area (Å²) in [5.74, 6) is 0.274. The third kappa shape index (κ3) is 4.12. The zero-order valence-corrected chi connectivity index (χ0v) is 15.9. The monoisotopic (exact) mass is 405 g/mol. The van der Waals surface area contributed by atoms with Crippen LogP contribution in [0.4, 0.5) is 5.69 Å². The van der Waals surface area contributed by atoms with E-state index in [1.54, 1.807) is 18.2 Å². The van der Waals surface area contributed by atoms with Crippen molar-refractivity contribution >= 4 is 45.4 Å². The number of carbonyl (C=O) groups is 1. The number of nitro groups is 1. The van der Waals surface area contributed by atoms with Gasteiger partial charge in [-0.2, -0.15) is 0 Å². The number of fused-ring (bicyclic) bond motifs is 1. The van der Waals surface area contributed by atoms with Gasteiger partial charge in [-0.05, 0) is 58.4 Å². The van der Waals surface area contributed by atoms with Crippen LogP contribution in [0.3, 0.4) is 0 Å². The Labute approximate surface area is 170 Å². The van der Waals surface area contributed by atoms with Gasteiger partial charge >= 0.3 is 0 Å². The van der Waals surface area contributed by atoms with Gasteiger partial charge in [0.25, 0.3) is 11.6 Å². The first-order valence-electron chi connectivity index (χ1n) is 8.68. The van der Waals surface area contributed by atoms with Crippen LogP contribution in [-0.4, -0.2) is 16.0 Å². The number of carbonyl (C=O) groups excluding carboxylic acids is 1. The third-order valence-corrected chi connectivity index (χ3v) is 5.20. The molecule has 1 saturated heterocycles. The molecule has 0 atom stereocenters. The minimum atomic E-state index is -0.444. The Kier molecular flexibility index (Phi) is 5.01. The van der Waals surface area contributed by atoms with Gasteiger partial charge in [-0.25, -0.2) is 0 Å². The lowest BCUT2D eigenvalue weighted by Gasteiger charge is -2.12. The van der Waals surface area contributed by atoms with E-state index in [4.69, 9.17) is 10.1 Å². The second-order valence-electron chi connectivity index (χ2n) is 6.34. The molecule has 0 saturated carbocycles. The van der Waals surface area contributed by atoms with Crippen molar-refractivity contribution in [3.63, 3.8) is 0 Å². The fraction of sp³-hybridized carbons (Fsp3) is 0.0476. The first-order chi connectivity index (χ1) is 14.0. The highest BCUT2D eigenvalue weighted by Gasteiger charge is 2.23. The van der Waals surface area contributed by atoms with Crippen LogP contribution in [-0.2, 0) is 11.4 Å². The van der Waals surface area contributed by atoms with Crippen molar-refractivity contribution in [1.29, 1.82) is 5.41 Å². The van der Waals surface area contributed by atoms with Crippen molar-refractivity contribution in [1.82, 2.24) is 5.32 Å². The third-order valence-electron chi connectivity index (χ3n) is 4.37. The van der Waals surface area contributed by atoms with E-state index in [1.807, 2.05) is 36.4 Å². The second-order valence-corrected chi connectivity index (χ2v) is 7.40. The zero-order valence-electron chi connectivity index (χ0n) is 15.0. The van der Waals surface area contributed by atoms with Gasteiger partial charge < -0.3 is 10.1 Å². The van der Waals surface area contributed by atoms with Crippen molar-refractivity contribution < 1.29 is 14.5 Å². The normalized spacial score (nSPS) is 15.0. The zero-order chi connectivity index (χ0) is 20.4. The van der Waals surface area contributed by atoms with Gasteiger partial charge in [0.2, 0.25) is 0 Å². The lowest BCUT2D eigenvalue weighted by molar-refractivity contribution is -0.384. The van der Waals surface area contributed by atoms with Gasteiger partial charge in [0.05, 0.1) is 9.83 Å². The maximum absolute atomic E-state index is 12.0. The van der Waals surface area contributed by atoms with Crippen LogP contribution in [0.5, 0.6) is 5.75 Å². The number of amidine groups is 1. The number of thioether (sulfide) groups is 1. The molecule has 8 heteroatoms. The van der Waals surface area contributed by atoms with E-state index in [2.05, 4.69) is 5.32 Å². The van der Waals surface area contributed by atoms with Crippen molar-refractivity contribution in [3.05, 3.63) is 86.8 Å². The summed E-state index contributed by atoms with van der Waals surface area (Å²) in [7, 11) is 0. The fourth-order valence-electron chi connectivity index (χ4n) is 2.93. The Hall–Kier alpha value is -3.65. The molecule has 3 aromatic rings. The summed E-state index contributed by atoms with van der Waals surface area (Å²) in [6.07, 6.45) is 1.71. The minimum absolute atomic E-state index is 0.0246. The summed E-state index contributed by atoms with van der Waals surface area (Å²) in [5.41, 5.74) is 1.53. The van der Waals surface area contributed by atoms with Crippen LogP contribution in [0.1, 0.15) is 11.1 Å². The Morgan fingerprint density at radius 3 is 2.41 bits per heavy atom. The highest BCUT2D eigenvalue weighted by atomic mass is 32.2. The first-order valence-corrected chi connectivity index (χ1v) is 9.49. The average Bonchev–Trinajstić information content (AvgIpc) is 3.03. The number of hydrogen-bond donors (Lipinski definition) is 2. The molecule has 7 nitrogen and oxygen atoms in total. The summed E-state index contributed by atoms with van der Waals surface area (Å²) in [6.45, 7) is 0.224. The quantitative estimate of drug-likeness (QED) is 0.370. The maximum atomic E-state index is 12.0. The molecule has 0 spiro atoms. The standard InChI is InChI=1S/C21H15N3O4S/c22-21-23-20(25)19(29-21)11-16-9-14-3-1-2-4-15(14)10-18(16)28-12-13-5-7-17(8-6-13)24(26)27/h1-11H,12H2,(H2,22,23,25). The van der Waals surface area contributed by atoms with Crippen LogP contribution in [0.15, 0.2) is 65.6 Å². The number of nitrogens with one attached hydrogen (secondary N) is 2. The number of non-ortho nitro benzene ring substituents is 1. The number of benzene rings is 3. The predicted octanol–water partition coefficient (Wildman–Crippen LogP) is 4.47. The predicted molar refractivity (Wildman–Crippen MR) is 113 cm³/mol. The molecule has 0 bridgehead atoms. The van der Waals surface area contributed by atoms with Gasteiger partial charge in [-0.3, -0.25) is 20.3 Å². The topological polar surface area (TPSA) is 105 Å². The molecule has 0 radical (unpaired) electrons. The molecule has 0 aromatic heterocycles. The van der Waals surface area contributed by atoms with Gasteiger partial charge in [0.1, 0.15) is 12.4 Å². The number of hydrogen-bond acceptors (Lipinski definition) is 6. The highest BCUT2D eigenvalue weighted by molar-refractivity contribution is 8.18. The molecule has 1 heterocycles. The molecule has 1 amide bonds. The Morgan fingerprint density at radius 2 is 1.79 bits per heavy atom. The molecule has 0 unspecified atom stereocenters. The molecule has 144 valence electrons. The molecule has 1 aliphatic heterocycles. The molecular weight excluding hydrogens is 390 g/mol. The SMILES string of the molecule is N=C1NC(=O)C(=Cc2cc3ccccc3cc2OCc2ccc([N+](=O)[O-])cc2)S1. The Balaban J connectivity index is 1.66. The van der Waals surface area contributed by atoms with Crippen LogP contribution >= 0.6 is 11.8 Å². The van der Waals surface area contributed by atoms with E-state index < -0.39 is 4.92 Å². The van der Waals surface area contributed by atoms with Crippen molar-refractivity contribution in [2.45, 2.75) is 6.61 Å². The van der Waals surface area contributed by atoms with E-state index in [-0.39, 0.29) is 23.4 Å². The van der Waals surface area contributed by atoms with Gasteiger partial charge in [-0.1, -0.05) is 24.3 Å². The molecule has 2 N–H and O–H groups in total. The van der Waals surface area contributed by atoms with Crippen LogP contribution in [0.25, 0.3) is 16.8 Å². The van der Waals surface area contributed by atoms with Crippen LogP contribution < -0.4 is 10.1 Å². The van der Waals surface area contributed by atoms with Crippen LogP contribution in [0, 0.1) is 15.5 Å². The molecule has 0 aliphatic carbocycles. The summed E-state index contributed by atoms with van der Waals surface area (Å²) >= 11 is 1.07. The molecule has 29 heavy (non-hydrogen) atoms. The number of nitro benzene ring substituents is 1. The largest absolute Gasteiger partial charge is 0.488 e. The van der Waals surface area contributed by atoms with Gasteiger partial charge in [0, 0.05) is 17.7 Å². The molecule has 1 fully saturated rings. The molecule has 3 aromatic carbocycles. The fourth-order valence-corrected chi connectivity index (χ4v) is 3.63. The van der Waals surface area contributed by atoms with Crippen molar-refractivity contribution in [2.75, 3.05) is 0 Å². The summed E-state index contributed by atoms with van der Waals surface area (Å²) in [5, 5.41) is 22.9. The van der Waals surface area contributed by atoms with Crippen molar-refractivity contribution in [2.24, 2.45) is 0 Å². The van der Waals surface area contributed by atoms with E-state index >= 15 is 0 Å². The number of rotatable bonds is 5. The Morgan fingerprint density at radius 1 is 1.10 bits per heavy atom. The summed E-state index contributed by atoms with van der Waals surface area (Å²) in [6, 6.07) is 17.8. The lowest BCUT2D eigenvalue weighted by atomic mass is 10.1. The number of amides is 1. The minimum Gasteiger partial charge on any atom is -0.488 e. The molecule has 1 aliphatic rings. The molecule has 4 rings (SSSR count). The van der Waals surface area contributed by atoms with Gasteiger partial charge in [0.15, 0.2) is 5.17 Å². The Bertz CT molecular complexity index is 1170. The first kappa shape index (κ1) is 18.7.